The highest BCUT2D eigenvalue weighted by Crippen LogP contribution is 2.32. The average molecular weight is 252 g/mol. The molecular weight excluding hydrogens is 234 g/mol. The number of hydrogen-bond acceptors (Lipinski definition) is 2. The van der Waals surface area contributed by atoms with Gasteiger partial charge >= 0.3 is 0 Å². The van der Waals surface area contributed by atoms with E-state index in [0.717, 1.165) is 23.7 Å². The third-order valence-corrected chi connectivity index (χ3v) is 3.84. The van der Waals surface area contributed by atoms with Crippen LogP contribution in [-0.2, 0) is 4.79 Å². The number of carbonyl (C=O) groups is 1. The second-order valence-corrected chi connectivity index (χ2v) is 5.85. The molecule has 1 aliphatic heterocycles. The summed E-state index contributed by atoms with van der Waals surface area (Å²) in [5.74, 6) is 0.308. The maximum Gasteiger partial charge on any atom is 0.157 e. The molecule has 1 heterocycles. The molecule has 0 spiro atoms. The number of halogens is 1. The maximum atomic E-state index is 12.0. The van der Waals surface area contributed by atoms with E-state index in [0.29, 0.717) is 12.3 Å². The van der Waals surface area contributed by atoms with Crippen molar-refractivity contribution in [2.75, 3.05) is 18.0 Å². The Balaban J connectivity index is 2.25. The number of hydrogen-bond donors (Lipinski definition) is 0. The van der Waals surface area contributed by atoms with E-state index in [1.54, 1.807) is 0 Å². The molecule has 1 saturated heterocycles. The van der Waals surface area contributed by atoms with Crippen molar-refractivity contribution in [1.29, 1.82) is 0 Å². The highest BCUT2D eigenvalue weighted by Gasteiger charge is 2.34. The standard InChI is InChI=1S/C14H18ClNO/c1-10-4-5-11(15)8-12(10)16-7-6-14(2,3)13(17)9-16/h4-5,8H,6-7,9H2,1-3H3. The van der Waals surface area contributed by atoms with Crippen LogP contribution in [0.3, 0.4) is 0 Å². The van der Waals surface area contributed by atoms with E-state index in [-0.39, 0.29) is 5.41 Å². The number of piperidine rings is 1. The lowest BCUT2D eigenvalue weighted by atomic mass is 9.81. The van der Waals surface area contributed by atoms with Gasteiger partial charge in [-0.25, -0.2) is 0 Å². The quantitative estimate of drug-likeness (QED) is 0.762. The molecule has 17 heavy (non-hydrogen) atoms. The molecule has 1 aromatic carbocycles. The topological polar surface area (TPSA) is 20.3 Å². The number of carbonyl (C=O) groups excluding carboxylic acids is 1. The van der Waals surface area contributed by atoms with Gasteiger partial charge in [0.15, 0.2) is 5.78 Å². The minimum absolute atomic E-state index is 0.178. The molecule has 0 bridgehead atoms. The molecule has 92 valence electrons. The maximum absolute atomic E-state index is 12.0. The van der Waals surface area contributed by atoms with Crippen LogP contribution in [0.2, 0.25) is 5.02 Å². The Labute approximate surface area is 108 Å². The number of nitrogens with zero attached hydrogens (tertiary/aromatic N) is 1. The summed E-state index contributed by atoms with van der Waals surface area (Å²) >= 11 is 6.02. The van der Waals surface area contributed by atoms with E-state index in [9.17, 15) is 4.79 Å². The first-order valence-corrected chi connectivity index (χ1v) is 6.32. The molecule has 0 unspecified atom stereocenters. The van der Waals surface area contributed by atoms with E-state index in [4.69, 9.17) is 11.6 Å². The number of ketones is 1. The molecule has 2 nitrogen and oxygen atoms in total. The lowest BCUT2D eigenvalue weighted by molar-refractivity contribution is -0.127. The van der Waals surface area contributed by atoms with Crippen LogP contribution < -0.4 is 4.90 Å². The van der Waals surface area contributed by atoms with Crippen LogP contribution in [0.4, 0.5) is 5.69 Å². The zero-order valence-corrected chi connectivity index (χ0v) is 11.3. The van der Waals surface area contributed by atoms with Crippen LogP contribution in [0.5, 0.6) is 0 Å². The van der Waals surface area contributed by atoms with Crippen molar-refractivity contribution < 1.29 is 4.79 Å². The van der Waals surface area contributed by atoms with E-state index in [1.165, 1.54) is 5.56 Å². The van der Waals surface area contributed by atoms with Crippen molar-refractivity contribution in [2.24, 2.45) is 5.41 Å². The molecule has 0 N–H and O–H groups in total. The Morgan fingerprint density at radius 3 is 2.71 bits per heavy atom. The first kappa shape index (κ1) is 12.4. The molecule has 2 rings (SSSR count). The fourth-order valence-corrected chi connectivity index (χ4v) is 2.32. The molecule has 1 aromatic rings. The van der Waals surface area contributed by atoms with Crippen LogP contribution in [0, 0.1) is 12.3 Å². The van der Waals surface area contributed by atoms with E-state index >= 15 is 0 Å². The molecule has 0 atom stereocenters. The van der Waals surface area contributed by atoms with Crippen molar-refractivity contribution in [3.63, 3.8) is 0 Å². The number of Topliss-reactive ketones (excluding diaryl/α,β-unsaturated/α-hetero) is 1. The van der Waals surface area contributed by atoms with Crippen LogP contribution in [0.1, 0.15) is 25.8 Å². The summed E-state index contributed by atoms with van der Waals surface area (Å²) in [5, 5.41) is 0.725. The summed E-state index contributed by atoms with van der Waals surface area (Å²) < 4.78 is 0. The Morgan fingerprint density at radius 1 is 1.35 bits per heavy atom. The Morgan fingerprint density at radius 2 is 2.06 bits per heavy atom. The molecule has 1 fully saturated rings. The molecule has 0 saturated carbocycles. The molecule has 0 aromatic heterocycles. The minimum Gasteiger partial charge on any atom is -0.364 e. The van der Waals surface area contributed by atoms with Crippen molar-refractivity contribution in [1.82, 2.24) is 0 Å². The van der Waals surface area contributed by atoms with Gasteiger partial charge in [-0.1, -0.05) is 31.5 Å². The average Bonchev–Trinajstić information content (AvgIpc) is 2.26. The van der Waals surface area contributed by atoms with Gasteiger partial charge in [-0.15, -0.1) is 0 Å². The first-order valence-electron chi connectivity index (χ1n) is 5.94. The minimum atomic E-state index is -0.178. The number of anilines is 1. The Kier molecular flexibility index (Phi) is 3.17. The van der Waals surface area contributed by atoms with Crippen LogP contribution in [0.25, 0.3) is 0 Å². The van der Waals surface area contributed by atoms with Gasteiger partial charge < -0.3 is 4.90 Å². The summed E-state index contributed by atoms with van der Waals surface area (Å²) in [6.45, 7) is 7.51. The number of aryl methyl sites for hydroxylation is 1. The van der Waals surface area contributed by atoms with Gasteiger partial charge in [0.05, 0.1) is 6.54 Å². The van der Waals surface area contributed by atoms with Gasteiger partial charge in [0, 0.05) is 22.7 Å². The van der Waals surface area contributed by atoms with Crippen LogP contribution >= 0.6 is 11.6 Å². The largest absolute Gasteiger partial charge is 0.364 e. The fraction of sp³-hybridized carbons (Fsp3) is 0.500. The normalized spacial score (nSPS) is 19.5. The van der Waals surface area contributed by atoms with E-state index in [1.807, 2.05) is 32.0 Å². The monoisotopic (exact) mass is 251 g/mol. The second-order valence-electron chi connectivity index (χ2n) is 5.41. The van der Waals surface area contributed by atoms with E-state index in [2.05, 4.69) is 11.8 Å². The Bertz CT molecular complexity index is 454. The van der Waals surface area contributed by atoms with Crippen molar-refractivity contribution in [2.45, 2.75) is 27.2 Å². The van der Waals surface area contributed by atoms with Gasteiger partial charge in [0.25, 0.3) is 0 Å². The summed E-state index contributed by atoms with van der Waals surface area (Å²) in [6, 6.07) is 5.83. The summed E-state index contributed by atoms with van der Waals surface area (Å²) in [5.41, 5.74) is 2.08. The summed E-state index contributed by atoms with van der Waals surface area (Å²) in [7, 11) is 0. The molecular formula is C14H18ClNO. The van der Waals surface area contributed by atoms with Crippen molar-refractivity contribution in [3.8, 4) is 0 Å². The van der Waals surface area contributed by atoms with Gasteiger partial charge in [0.1, 0.15) is 0 Å². The molecule has 0 aliphatic carbocycles. The highest BCUT2D eigenvalue weighted by molar-refractivity contribution is 6.30. The SMILES string of the molecule is Cc1ccc(Cl)cc1N1CCC(C)(C)C(=O)C1. The predicted octanol–water partition coefficient (Wildman–Crippen LogP) is 3.45. The summed E-state index contributed by atoms with van der Waals surface area (Å²) in [4.78, 5) is 14.2. The Hall–Kier alpha value is -1.02. The van der Waals surface area contributed by atoms with Crippen molar-refractivity contribution >= 4 is 23.1 Å². The predicted molar refractivity (Wildman–Crippen MR) is 71.8 cm³/mol. The zero-order chi connectivity index (χ0) is 12.6. The lowest BCUT2D eigenvalue weighted by Crippen LogP contribution is -2.45. The second kappa shape index (κ2) is 4.34. The van der Waals surface area contributed by atoms with Gasteiger partial charge in [-0.3, -0.25) is 4.79 Å². The van der Waals surface area contributed by atoms with Gasteiger partial charge in [-0.2, -0.15) is 0 Å². The zero-order valence-electron chi connectivity index (χ0n) is 10.6. The molecule has 0 radical (unpaired) electrons. The third kappa shape index (κ3) is 2.47. The smallest absolute Gasteiger partial charge is 0.157 e. The fourth-order valence-electron chi connectivity index (χ4n) is 2.15. The summed E-state index contributed by atoms with van der Waals surface area (Å²) in [6.07, 6.45) is 0.901. The van der Waals surface area contributed by atoms with Crippen molar-refractivity contribution in [3.05, 3.63) is 28.8 Å². The lowest BCUT2D eigenvalue weighted by Gasteiger charge is -2.37. The van der Waals surface area contributed by atoms with Gasteiger partial charge in [0.2, 0.25) is 0 Å². The highest BCUT2D eigenvalue weighted by atomic mass is 35.5. The van der Waals surface area contributed by atoms with Crippen LogP contribution in [-0.4, -0.2) is 18.9 Å². The molecule has 3 heteroatoms. The first-order chi connectivity index (χ1) is 7.90. The van der Waals surface area contributed by atoms with Gasteiger partial charge in [-0.05, 0) is 31.0 Å². The number of benzene rings is 1. The van der Waals surface area contributed by atoms with Crippen LogP contribution in [0.15, 0.2) is 18.2 Å². The molecule has 0 amide bonds. The van der Waals surface area contributed by atoms with E-state index < -0.39 is 0 Å². The molecule has 1 aliphatic rings. The third-order valence-electron chi connectivity index (χ3n) is 3.61. The number of rotatable bonds is 1.